The van der Waals surface area contributed by atoms with Gasteiger partial charge in [0.25, 0.3) is 11.8 Å². The SMILES string of the molecule is CCc1ccccc1-n1c(C)cc(C=C2C(=O)N(C)C(=O)N(C)C2=O)c1C. The molecule has 0 N–H and O–H groups in total. The lowest BCUT2D eigenvalue weighted by molar-refractivity contribution is -0.134. The first-order chi connectivity index (χ1) is 12.8. The van der Waals surface area contributed by atoms with Crippen molar-refractivity contribution in [3.8, 4) is 5.69 Å². The number of carbonyl (C=O) groups excluding carboxylic acids is 3. The number of hydrogen-bond acceptors (Lipinski definition) is 3. The van der Waals surface area contributed by atoms with Gasteiger partial charge in [-0.05, 0) is 49.6 Å². The number of carbonyl (C=O) groups is 3. The summed E-state index contributed by atoms with van der Waals surface area (Å²) in [6.07, 6.45) is 2.48. The van der Waals surface area contributed by atoms with Gasteiger partial charge in [0, 0.05) is 31.2 Å². The number of rotatable bonds is 3. The Balaban J connectivity index is 2.12. The van der Waals surface area contributed by atoms with Crippen LogP contribution in [0.25, 0.3) is 11.8 Å². The molecule has 140 valence electrons. The molecule has 2 heterocycles. The van der Waals surface area contributed by atoms with Gasteiger partial charge >= 0.3 is 6.03 Å². The molecule has 1 aromatic heterocycles. The lowest BCUT2D eigenvalue weighted by Crippen LogP contribution is -2.52. The molecule has 6 heteroatoms. The summed E-state index contributed by atoms with van der Waals surface area (Å²) in [6, 6.07) is 9.50. The van der Waals surface area contributed by atoms with E-state index in [2.05, 4.69) is 23.6 Å². The molecule has 2 aromatic rings. The van der Waals surface area contributed by atoms with Gasteiger partial charge in [-0.25, -0.2) is 4.79 Å². The minimum atomic E-state index is -0.621. The van der Waals surface area contributed by atoms with Crippen molar-refractivity contribution in [3.63, 3.8) is 0 Å². The summed E-state index contributed by atoms with van der Waals surface area (Å²) in [4.78, 5) is 38.7. The summed E-state index contributed by atoms with van der Waals surface area (Å²) >= 11 is 0. The van der Waals surface area contributed by atoms with Crippen LogP contribution in [0.1, 0.15) is 29.4 Å². The van der Waals surface area contributed by atoms with Gasteiger partial charge in [-0.1, -0.05) is 25.1 Å². The molecule has 0 spiro atoms. The number of imide groups is 2. The lowest BCUT2D eigenvalue weighted by Gasteiger charge is -2.28. The zero-order valence-corrected chi connectivity index (χ0v) is 16.2. The first-order valence-corrected chi connectivity index (χ1v) is 8.86. The van der Waals surface area contributed by atoms with Crippen LogP contribution in [0, 0.1) is 13.8 Å². The van der Waals surface area contributed by atoms with Crippen molar-refractivity contribution < 1.29 is 14.4 Å². The molecule has 1 aliphatic heterocycles. The highest BCUT2D eigenvalue weighted by Crippen LogP contribution is 2.26. The van der Waals surface area contributed by atoms with Crippen molar-refractivity contribution in [2.24, 2.45) is 0 Å². The van der Waals surface area contributed by atoms with E-state index in [4.69, 9.17) is 0 Å². The van der Waals surface area contributed by atoms with Crippen LogP contribution in [0.5, 0.6) is 0 Å². The standard InChI is InChI=1S/C21H23N3O3/c1-6-15-9-7-8-10-18(15)24-13(2)11-16(14(24)3)12-17-19(25)22(4)21(27)23(5)20(17)26/h7-12H,6H2,1-5H3. The van der Waals surface area contributed by atoms with Crippen LogP contribution < -0.4 is 0 Å². The number of aryl methyl sites for hydroxylation is 2. The number of nitrogens with zero attached hydrogens (tertiary/aromatic N) is 3. The zero-order valence-electron chi connectivity index (χ0n) is 16.2. The Labute approximate surface area is 158 Å². The first kappa shape index (κ1) is 18.6. The predicted octanol–water partition coefficient (Wildman–Crippen LogP) is 3.09. The summed E-state index contributed by atoms with van der Waals surface area (Å²) in [6.45, 7) is 6.06. The van der Waals surface area contributed by atoms with Gasteiger partial charge in [-0.15, -0.1) is 0 Å². The Bertz CT molecular complexity index is 959. The van der Waals surface area contributed by atoms with Crippen LogP contribution in [0.3, 0.4) is 0 Å². The Morgan fingerprint density at radius 1 is 0.963 bits per heavy atom. The van der Waals surface area contributed by atoms with Crippen molar-refractivity contribution in [1.29, 1.82) is 0 Å². The van der Waals surface area contributed by atoms with Crippen LogP contribution in [0.4, 0.5) is 4.79 Å². The zero-order chi connectivity index (χ0) is 19.9. The molecule has 0 atom stereocenters. The third kappa shape index (κ3) is 2.97. The molecule has 4 amide bonds. The molecule has 0 saturated carbocycles. The van der Waals surface area contributed by atoms with Crippen molar-refractivity contribution in [2.75, 3.05) is 14.1 Å². The highest BCUT2D eigenvalue weighted by molar-refractivity contribution is 6.30. The maximum Gasteiger partial charge on any atom is 0.333 e. The summed E-state index contributed by atoms with van der Waals surface area (Å²) in [5.74, 6) is -1.16. The fourth-order valence-corrected chi connectivity index (χ4v) is 3.46. The first-order valence-electron chi connectivity index (χ1n) is 8.86. The fourth-order valence-electron chi connectivity index (χ4n) is 3.46. The van der Waals surface area contributed by atoms with Gasteiger partial charge in [-0.3, -0.25) is 19.4 Å². The summed E-state index contributed by atoms with van der Waals surface area (Å²) in [5, 5.41) is 0. The lowest BCUT2D eigenvalue weighted by atomic mass is 10.1. The van der Waals surface area contributed by atoms with Crippen molar-refractivity contribution in [1.82, 2.24) is 14.4 Å². The number of amides is 4. The number of likely N-dealkylation sites (N-methyl/N-ethyl adjacent to an activating group) is 2. The van der Waals surface area contributed by atoms with E-state index in [1.807, 2.05) is 32.0 Å². The van der Waals surface area contributed by atoms with E-state index < -0.39 is 17.8 Å². The monoisotopic (exact) mass is 365 g/mol. The maximum atomic E-state index is 12.5. The van der Waals surface area contributed by atoms with Gasteiger partial charge in [0.1, 0.15) is 5.57 Å². The third-order valence-corrected chi connectivity index (χ3v) is 5.03. The van der Waals surface area contributed by atoms with E-state index in [1.54, 1.807) is 6.08 Å². The van der Waals surface area contributed by atoms with Crippen LogP contribution in [0.15, 0.2) is 35.9 Å². The Morgan fingerprint density at radius 2 is 1.56 bits per heavy atom. The number of aromatic nitrogens is 1. The average Bonchev–Trinajstić information content (AvgIpc) is 2.95. The molecule has 0 unspecified atom stereocenters. The smallest absolute Gasteiger partial charge is 0.318 e. The Hall–Kier alpha value is -3.15. The quantitative estimate of drug-likeness (QED) is 0.620. The molecule has 0 bridgehead atoms. The van der Waals surface area contributed by atoms with Gasteiger partial charge in [0.05, 0.1) is 0 Å². The minimum absolute atomic E-state index is 0.0105. The van der Waals surface area contributed by atoms with E-state index >= 15 is 0 Å². The molecule has 27 heavy (non-hydrogen) atoms. The second-order valence-electron chi connectivity index (χ2n) is 6.71. The second kappa shape index (κ2) is 6.87. The highest BCUT2D eigenvalue weighted by atomic mass is 16.2. The number of benzene rings is 1. The second-order valence-corrected chi connectivity index (χ2v) is 6.71. The molecule has 3 rings (SSSR count). The van der Waals surface area contributed by atoms with Gasteiger partial charge in [0.2, 0.25) is 0 Å². The predicted molar refractivity (Wildman–Crippen MR) is 104 cm³/mol. The number of urea groups is 1. The largest absolute Gasteiger partial charge is 0.333 e. The molecule has 1 fully saturated rings. The molecule has 6 nitrogen and oxygen atoms in total. The van der Waals surface area contributed by atoms with Crippen LogP contribution >= 0.6 is 0 Å². The maximum absolute atomic E-state index is 12.5. The van der Waals surface area contributed by atoms with Crippen molar-refractivity contribution in [2.45, 2.75) is 27.2 Å². The highest BCUT2D eigenvalue weighted by Gasteiger charge is 2.38. The summed E-state index contributed by atoms with van der Waals surface area (Å²) in [5.41, 5.74) is 5.02. The Kier molecular flexibility index (Phi) is 4.74. The molecule has 1 saturated heterocycles. The van der Waals surface area contributed by atoms with E-state index in [9.17, 15) is 14.4 Å². The normalized spacial score (nSPS) is 15.0. The van der Waals surface area contributed by atoms with E-state index in [0.717, 1.165) is 38.9 Å². The van der Waals surface area contributed by atoms with Gasteiger partial charge < -0.3 is 4.57 Å². The van der Waals surface area contributed by atoms with Gasteiger partial charge in [-0.2, -0.15) is 0 Å². The molecule has 1 aromatic carbocycles. The van der Waals surface area contributed by atoms with Gasteiger partial charge in [0.15, 0.2) is 0 Å². The van der Waals surface area contributed by atoms with Crippen LogP contribution in [0.2, 0.25) is 0 Å². The van der Waals surface area contributed by atoms with Crippen LogP contribution in [-0.4, -0.2) is 46.3 Å². The minimum Gasteiger partial charge on any atom is -0.318 e. The number of barbiturate groups is 1. The van der Waals surface area contributed by atoms with E-state index in [0.29, 0.717) is 0 Å². The molecule has 1 aliphatic rings. The fraction of sp³-hybridized carbons (Fsp3) is 0.286. The number of hydrogen-bond donors (Lipinski definition) is 0. The van der Waals surface area contributed by atoms with Crippen molar-refractivity contribution >= 4 is 23.9 Å². The average molecular weight is 365 g/mol. The topological polar surface area (TPSA) is 62.6 Å². The molecular formula is C21H23N3O3. The molecular weight excluding hydrogens is 342 g/mol. The van der Waals surface area contributed by atoms with E-state index in [1.165, 1.54) is 19.7 Å². The molecule has 0 aliphatic carbocycles. The third-order valence-electron chi connectivity index (χ3n) is 5.03. The van der Waals surface area contributed by atoms with E-state index in [-0.39, 0.29) is 5.57 Å². The van der Waals surface area contributed by atoms with Crippen molar-refractivity contribution in [3.05, 3.63) is 58.4 Å². The summed E-state index contributed by atoms with van der Waals surface area (Å²) < 4.78 is 2.13. The molecule has 0 radical (unpaired) electrons. The number of para-hydroxylation sites is 1. The summed E-state index contributed by atoms with van der Waals surface area (Å²) in [7, 11) is 2.75. The van der Waals surface area contributed by atoms with Crippen LogP contribution in [-0.2, 0) is 16.0 Å². The Morgan fingerprint density at radius 3 is 2.15 bits per heavy atom.